The molecule has 0 fully saturated rings. The molecular weight excluding hydrogens is 546 g/mol. The van der Waals surface area contributed by atoms with Gasteiger partial charge in [-0.3, -0.25) is 13.9 Å². The van der Waals surface area contributed by atoms with Crippen molar-refractivity contribution in [2.24, 2.45) is 0 Å². The molecular formula is C31H38ClN3O4S. The summed E-state index contributed by atoms with van der Waals surface area (Å²) in [6.07, 6.45) is 0.728. The van der Waals surface area contributed by atoms with Crippen molar-refractivity contribution in [2.75, 3.05) is 10.8 Å². The Morgan fingerprint density at radius 3 is 2.17 bits per heavy atom. The molecule has 0 aliphatic heterocycles. The molecule has 40 heavy (non-hydrogen) atoms. The lowest BCUT2D eigenvalue weighted by Gasteiger charge is -2.33. The third kappa shape index (κ3) is 7.43. The molecule has 0 aliphatic carbocycles. The summed E-state index contributed by atoms with van der Waals surface area (Å²) in [6, 6.07) is 18.1. The minimum atomic E-state index is -4.13. The smallest absolute Gasteiger partial charge is 0.264 e. The minimum Gasteiger partial charge on any atom is -0.352 e. The van der Waals surface area contributed by atoms with E-state index in [4.69, 9.17) is 11.6 Å². The van der Waals surface area contributed by atoms with E-state index in [0.717, 1.165) is 21.9 Å². The molecule has 3 aromatic rings. The molecule has 0 heterocycles. The predicted octanol–water partition coefficient (Wildman–Crippen LogP) is 5.79. The Hall–Kier alpha value is -3.36. The van der Waals surface area contributed by atoms with E-state index >= 15 is 0 Å². The lowest BCUT2D eigenvalue weighted by Crippen LogP contribution is -2.52. The first-order valence-electron chi connectivity index (χ1n) is 13.3. The zero-order chi connectivity index (χ0) is 29.6. The van der Waals surface area contributed by atoms with Crippen LogP contribution in [0, 0.1) is 20.8 Å². The van der Waals surface area contributed by atoms with Crippen LogP contribution in [0.1, 0.15) is 49.4 Å². The summed E-state index contributed by atoms with van der Waals surface area (Å²) in [7, 11) is -4.13. The van der Waals surface area contributed by atoms with Crippen LogP contribution in [0.3, 0.4) is 0 Å². The monoisotopic (exact) mass is 583 g/mol. The Labute approximate surface area is 243 Å². The Bertz CT molecular complexity index is 1460. The van der Waals surface area contributed by atoms with Gasteiger partial charge in [0, 0.05) is 17.6 Å². The van der Waals surface area contributed by atoms with Crippen LogP contribution in [0.15, 0.2) is 71.6 Å². The van der Waals surface area contributed by atoms with Crippen molar-refractivity contribution in [1.82, 2.24) is 10.2 Å². The van der Waals surface area contributed by atoms with E-state index in [0.29, 0.717) is 21.8 Å². The van der Waals surface area contributed by atoms with Crippen molar-refractivity contribution in [3.05, 3.63) is 94.0 Å². The first-order chi connectivity index (χ1) is 18.8. The summed E-state index contributed by atoms with van der Waals surface area (Å²) in [4.78, 5) is 28.7. The molecule has 0 spiro atoms. The van der Waals surface area contributed by atoms with Crippen molar-refractivity contribution in [1.29, 1.82) is 0 Å². The summed E-state index contributed by atoms with van der Waals surface area (Å²) in [5.41, 5.74) is 3.53. The number of anilines is 1. The lowest BCUT2D eigenvalue weighted by atomic mass is 10.1. The van der Waals surface area contributed by atoms with Crippen molar-refractivity contribution in [3.63, 3.8) is 0 Å². The molecule has 0 aliphatic rings. The number of aryl methyl sites for hydroxylation is 3. The van der Waals surface area contributed by atoms with Crippen LogP contribution in [0.5, 0.6) is 0 Å². The first-order valence-corrected chi connectivity index (χ1v) is 15.2. The molecule has 2 atom stereocenters. The number of halogens is 1. The maximum atomic E-state index is 14.1. The fraction of sp³-hybridized carbons (Fsp3) is 0.355. The molecule has 0 saturated carbocycles. The molecule has 9 heteroatoms. The normalized spacial score (nSPS) is 12.9. The van der Waals surface area contributed by atoms with Gasteiger partial charge < -0.3 is 10.2 Å². The number of benzene rings is 3. The van der Waals surface area contributed by atoms with Gasteiger partial charge in [-0.15, -0.1) is 0 Å². The van der Waals surface area contributed by atoms with Crippen LogP contribution in [0.4, 0.5) is 5.69 Å². The molecule has 1 N–H and O–H groups in total. The van der Waals surface area contributed by atoms with Gasteiger partial charge in [0.15, 0.2) is 0 Å². The summed E-state index contributed by atoms with van der Waals surface area (Å²) >= 11 is 6.42. The van der Waals surface area contributed by atoms with Gasteiger partial charge in [-0.25, -0.2) is 8.42 Å². The van der Waals surface area contributed by atoms with Crippen molar-refractivity contribution >= 4 is 39.1 Å². The van der Waals surface area contributed by atoms with E-state index in [-0.39, 0.29) is 23.4 Å². The van der Waals surface area contributed by atoms with Crippen LogP contribution < -0.4 is 9.62 Å². The topological polar surface area (TPSA) is 86.8 Å². The van der Waals surface area contributed by atoms with Gasteiger partial charge in [0.05, 0.1) is 10.6 Å². The minimum absolute atomic E-state index is 0.0405. The number of hydrogen-bond acceptors (Lipinski definition) is 4. The average molecular weight is 584 g/mol. The number of nitrogens with one attached hydrogen (secondary N) is 1. The van der Waals surface area contributed by atoms with E-state index in [2.05, 4.69) is 5.32 Å². The molecule has 0 radical (unpaired) electrons. The van der Waals surface area contributed by atoms with Crippen LogP contribution in [-0.2, 0) is 26.2 Å². The van der Waals surface area contributed by atoms with Crippen molar-refractivity contribution in [2.45, 2.75) is 71.5 Å². The van der Waals surface area contributed by atoms with E-state index in [1.807, 2.05) is 39.8 Å². The average Bonchev–Trinajstić information content (AvgIpc) is 2.92. The largest absolute Gasteiger partial charge is 0.352 e. The molecule has 0 unspecified atom stereocenters. The second kappa shape index (κ2) is 13.3. The molecule has 2 amide bonds. The Morgan fingerprint density at radius 1 is 0.925 bits per heavy atom. The first kappa shape index (κ1) is 31.2. The molecule has 0 aromatic heterocycles. The Balaban J connectivity index is 2.08. The predicted molar refractivity (Wildman–Crippen MR) is 161 cm³/mol. The summed E-state index contributed by atoms with van der Waals surface area (Å²) in [6.45, 7) is 10.6. The van der Waals surface area contributed by atoms with Gasteiger partial charge >= 0.3 is 0 Å². The number of nitrogens with zero attached hydrogens (tertiary/aromatic N) is 2. The molecule has 3 rings (SSSR count). The van der Waals surface area contributed by atoms with Gasteiger partial charge in [0.25, 0.3) is 10.0 Å². The third-order valence-corrected chi connectivity index (χ3v) is 9.13. The molecule has 0 saturated heterocycles. The zero-order valence-corrected chi connectivity index (χ0v) is 25.5. The Morgan fingerprint density at radius 2 is 1.55 bits per heavy atom. The number of amides is 2. The molecule has 0 bridgehead atoms. The fourth-order valence-corrected chi connectivity index (χ4v) is 5.86. The maximum absolute atomic E-state index is 14.1. The van der Waals surface area contributed by atoms with Gasteiger partial charge in [-0.05, 0) is 82.0 Å². The van der Waals surface area contributed by atoms with E-state index in [1.165, 1.54) is 17.0 Å². The SMILES string of the molecule is CC[C@H](C)NC(=O)[C@@H](C)N(Cc1ccccc1Cl)C(=O)CN(c1cc(C)ccc1C)S(=O)(=O)c1ccc(C)cc1. The highest BCUT2D eigenvalue weighted by Crippen LogP contribution is 2.29. The number of rotatable bonds is 11. The summed E-state index contributed by atoms with van der Waals surface area (Å²) in [5.74, 6) is -0.849. The zero-order valence-electron chi connectivity index (χ0n) is 23.9. The highest BCUT2D eigenvalue weighted by atomic mass is 35.5. The molecule has 3 aromatic carbocycles. The van der Waals surface area contributed by atoms with Gasteiger partial charge in [-0.1, -0.05) is 66.6 Å². The number of carbonyl (C=O) groups excluding carboxylic acids is 2. The highest BCUT2D eigenvalue weighted by molar-refractivity contribution is 7.92. The van der Waals surface area contributed by atoms with Crippen molar-refractivity contribution in [3.8, 4) is 0 Å². The quantitative estimate of drug-likeness (QED) is 0.309. The van der Waals surface area contributed by atoms with Crippen LogP contribution in [0.2, 0.25) is 5.02 Å². The van der Waals surface area contributed by atoms with Crippen molar-refractivity contribution < 1.29 is 18.0 Å². The molecule has 7 nitrogen and oxygen atoms in total. The van der Waals surface area contributed by atoms with E-state index in [1.54, 1.807) is 56.3 Å². The van der Waals surface area contributed by atoms with Crippen LogP contribution >= 0.6 is 11.6 Å². The molecule has 214 valence electrons. The summed E-state index contributed by atoms with van der Waals surface area (Å²) in [5, 5.41) is 3.38. The van der Waals surface area contributed by atoms with Gasteiger partial charge in [0.1, 0.15) is 12.6 Å². The summed E-state index contributed by atoms with van der Waals surface area (Å²) < 4.78 is 29.2. The van der Waals surface area contributed by atoms with Gasteiger partial charge in [-0.2, -0.15) is 0 Å². The Kier molecular flexibility index (Phi) is 10.4. The number of carbonyl (C=O) groups is 2. The standard InChI is InChI=1S/C31H38ClN3O4S/c1-7-24(5)33-31(37)25(6)34(19-26-10-8-9-11-28(26)32)30(36)20-35(29-18-22(3)12-15-23(29)4)40(38,39)27-16-13-21(2)14-17-27/h8-18,24-25H,7,19-20H2,1-6H3,(H,33,37)/t24-,25+/m0/s1. The maximum Gasteiger partial charge on any atom is 0.264 e. The second-order valence-corrected chi connectivity index (χ2v) is 12.5. The highest BCUT2D eigenvalue weighted by Gasteiger charge is 2.33. The van der Waals surface area contributed by atoms with E-state index < -0.39 is 28.5 Å². The van der Waals surface area contributed by atoms with Crippen LogP contribution in [0.25, 0.3) is 0 Å². The van der Waals surface area contributed by atoms with Gasteiger partial charge in [0.2, 0.25) is 11.8 Å². The lowest BCUT2D eigenvalue weighted by molar-refractivity contribution is -0.139. The van der Waals surface area contributed by atoms with E-state index in [9.17, 15) is 18.0 Å². The fourth-order valence-electron chi connectivity index (χ4n) is 4.20. The number of hydrogen-bond donors (Lipinski definition) is 1. The third-order valence-electron chi connectivity index (χ3n) is 6.99. The second-order valence-electron chi connectivity index (χ2n) is 10.2. The number of sulfonamides is 1. The van der Waals surface area contributed by atoms with Crippen LogP contribution in [-0.4, -0.2) is 43.8 Å².